The third kappa shape index (κ3) is 2.99. The van der Waals surface area contributed by atoms with Gasteiger partial charge in [-0.25, -0.2) is 0 Å². The molecule has 0 bridgehead atoms. The van der Waals surface area contributed by atoms with Crippen LogP contribution in [0.25, 0.3) is 0 Å². The van der Waals surface area contributed by atoms with E-state index in [2.05, 4.69) is 0 Å². The molecule has 0 saturated carbocycles. The van der Waals surface area contributed by atoms with Gasteiger partial charge in [0.05, 0.1) is 12.6 Å². The maximum atomic E-state index is 13.0. The van der Waals surface area contributed by atoms with E-state index in [0.29, 0.717) is 0 Å². The number of rotatable bonds is 3. The lowest BCUT2D eigenvalue weighted by Crippen LogP contribution is -2.66. The summed E-state index contributed by atoms with van der Waals surface area (Å²) in [6, 6.07) is -4.21. The summed E-state index contributed by atoms with van der Waals surface area (Å²) in [4.78, 5) is 23.6. The van der Waals surface area contributed by atoms with E-state index in [0.717, 1.165) is 4.90 Å². The number of hydrogen-bond acceptors (Lipinski definition) is 4. The van der Waals surface area contributed by atoms with Crippen molar-refractivity contribution < 1.29 is 22.8 Å². The number of carbonyl (C=O) groups excluding carboxylic acids is 2. The zero-order valence-corrected chi connectivity index (χ0v) is 10.1. The van der Waals surface area contributed by atoms with Crippen molar-refractivity contribution in [2.24, 2.45) is 5.73 Å². The minimum atomic E-state index is -4.58. The highest BCUT2D eigenvalue weighted by molar-refractivity contribution is 6.01. The second-order valence-corrected chi connectivity index (χ2v) is 4.35. The van der Waals surface area contributed by atoms with Gasteiger partial charge in [-0.3, -0.25) is 19.8 Å². The van der Waals surface area contributed by atoms with E-state index < -0.39 is 42.7 Å². The molecule has 18 heavy (non-hydrogen) atoms. The largest absolute Gasteiger partial charge is 0.405 e. The maximum Gasteiger partial charge on any atom is 0.405 e. The van der Waals surface area contributed by atoms with Gasteiger partial charge in [-0.15, -0.1) is 0 Å². The van der Waals surface area contributed by atoms with Crippen LogP contribution in [-0.4, -0.2) is 47.6 Å². The molecule has 1 saturated heterocycles. The third-order valence-corrected chi connectivity index (χ3v) is 2.87. The van der Waals surface area contributed by atoms with Gasteiger partial charge < -0.3 is 5.73 Å². The summed E-state index contributed by atoms with van der Waals surface area (Å²) >= 11 is 0. The van der Waals surface area contributed by atoms with E-state index in [1.807, 2.05) is 5.32 Å². The molecule has 1 aliphatic rings. The van der Waals surface area contributed by atoms with Crippen LogP contribution in [0.5, 0.6) is 0 Å². The van der Waals surface area contributed by atoms with E-state index in [4.69, 9.17) is 5.73 Å². The van der Waals surface area contributed by atoms with Crippen LogP contribution in [0.2, 0.25) is 0 Å². The molecule has 1 aliphatic heterocycles. The van der Waals surface area contributed by atoms with Crippen molar-refractivity contribution in [3.8, 4) is 0 Å². The summed E-state index contributed by atoms with van der Waals surface area (Å²) in [6.07, 6.45) is -4.40. The Morgan fingerprint density at radius 1 is 1.50 bits per heavy atom. The van der Waals surface area contributed by atoms with Gasteiger partial charge in [0.15, 0.2) is 0 Å². The van der Waals surface area contributed by atoms with Gasteiger partial charge >= 0.3 is 6.18 Å². The number of nitrogens with two attached hydrogens (primary N) is 1. The predicted octanol–water partition coefficient (Wildman–Crippen LogP) is 0.00150. The maximum absolute atomic E-state index is 13.0. The molecular formula is C10H16F3N3O2. The number of piperazine rings is 1. The molecule has 3 atom stereocenters. The fourth-order valence-corrected chi connectivity index (χ4v) is 2.19. The second kappa shape index (κ2) is 5.23. The van der Waals surface area contributed by atoms with Gasteiger partial charge in [0, 0.05) is 6.04 Å². The van der Waals surface area contributed by atoms with E-state index in [1.165, 1.54) is 6.92 Å². The molecule has 1 fully saturated rings. The summed E-state index contributed by atoms with van der Waals surface area (Å²) in [7, 11) is 0. The molecule has 1 heterocycles. The van der Waals surface area contributed by atoms with Crippen LogP contribution >= 0.6 is 0 Å². The normalized spacial score (nSPS) is 25.8. The highest BCUT2D eigenvalue weighted by atomic mass is 19.4. The number of nitrogens with one attached hydrogen (secondary N) is 1. The molecule has 8 heteroatoms. The minimum absolute atomic E-state index is 0.179. The highest BCUT2D eigenvalue weighted by Crippen LogP contribution is 2.29. The van der Waals surface area contributed by atoms with Gasteiger partial charge in [0.2, 0.25) is 11.8 Å². The van der Waals surface area contributed by atoms with E-state index >= 15 is 0 Å². The fourth-order valence-electron chi connectivity index (χ4n) is 2.19. The SMILES string of the molecule is CCC1C(=O)NC(=O)CN1C(C(C)N)C(F)(F)F. The lowest BCUT2D eigenvalue weighted by molar-refractivity contribution is -0.197. The standard InChI is InChI=1S/C10H16F3N3O2/c1-3-6-9(18)15-7(17)4-16(6)8(5(2)14)10(11,12)13/h5-6,8H,3-4,14H2,1-2H3,(H,15,17,18). The second-order valence-electron chi connectivity index (χ2n) is 4.35. The lowest BCUT2D eigenvalue weighted by Gasteiger charge is -2.41. The lowest BCUT2D eigenvalue weighted by atomic mass is 10.0. The molecule has 0 aromatic heterocycles. The Kier molecular flexibility index (Phi) is 4.33. The first kappa shape index (κ1) is 14.9. The zero-order valence-electron chi connectivity index (χ0n) is 10.1. The molecule has 2 amide bonds. The molecule has 1 rings (SSSR count). The molecule has 104 valence electrons. The monoisotopic (exact) mass is 267 g/mol. The van der Waals surface area contributed by atoms with Crippen molar-refractivity contribution >= 4 is 11.8 Å². The first-order valence-electron chi connectivity index (χ1n) is 5.60. The van der Waals surface area contributed by atoms with Crippen molar-refractivity contribution in [3.63, 3.8) is 0 Å². The summed E-state index contributed by atoms with van der Waals surface area (Å²) in [5.74, 6) is -1.44. The average Bonchev–Trinajstić information content (AvgIpc) is 2.13. The Bertz CT molecular complexity index is 344. The van der Waals surface area contributed by atoms with Crippen molar-refractivity contribution in [1.82, 2.24) is 10.2 Å². The average molecular weight is 267 g/mol. The number of carbonyl (C=O) groups is 2. The quantitative estimate of drug-likeness (QED) is 0.706. The number of nitrogens with zero attached hydrogens (tertiary/aromatic N) is 1. The van der Waals surface area contributed by atoms with Gasteiger partial charge in [-0.05, 0) is 13.3 Å². The summed E-state index contributed by atoms with van der Waals surface area (Å²) in [5.41, 5.74) is 5.36. The first-order chi connectivity index (χ1) is 8.18. The molecule has 3 N–H and O–H groups in total. The van der Waals surface area contributed by atoms with Crippen LogP contribution in [0.3, 0.4) is 0 Å². The highest BCUT2D eigenvalue weighted by Gasteiger charge is 2.50. The van der Waals surface area contributed by atoms with Gasteiger partial charge in [-0.2, -0.15) is 13.2 Å². The molecule has 0 radical (unpaired) electrons. The van der Waals surface area contributed by atoms with Gasteiger partial charge in [0.25, 0.3) is 0 Å². The van der Waals surface area contributed by atoms with Crippen molar-refractivity contribution in [3.05, 3.63) is 0 Å². The topological polar surface area (TPSA) is 75.4 Å². The zero-order chi connectivity index (χ0) is 14.1. The number of imide groups is 1. The third-order valence-electron chi connectivity index (χ3n) is 2.87. The Labute approximate surface area is 102 Å². The molecular weight excluding hydrogens is 251 g/mol. The molecule has 5 nitrogen and oxygen atoms in total. The molecule has 0 aromatic rings. The Balaban J connectivity index is 3.07. The van der Waals surface area contributed by atoms with Gasteiger partial charge in [-0.1, -0.05) is 6.92 Å². The Morgan fingerprint density at radius 3 is 2.44 bits per heavy atom. The predicted molar refractivity (Wildman–Crippen MR) is 57.4 cm³/mol. The fraction of sp³-hybridized carbons (Fsp3) is 0.800. The number of alkyl halides is 3. The molecule has 0 aromatic carbocycles. The van der Waals surface area contributed by atoms with Crippen molar-refractivity contribution in [2.45, 2.75) is 44.6 Å². The first-order valence-corrected chi connectivity index (χ1v) is 5.60. The summed E-state index contributed by atoms with van der Waals surface area (Å²) in [6.45, 7) is 2.32. The molecule has 3 unspecified atom stereocenters. The Hall–Kier alpha value is -1.15. The van der Waals surface area contributed by atoms with E-state index in [9.17, 15) is 22.8 Å². The number of amides is 2. The molecule has 0 spiro atoms. The van der Waals surface area contributed by atoms with Crippen LogP contribution in [-0.2, 0) is 9.59 Å². The summed E-state index contributed by atoms with van der Waals surface area (Å²) in [5, 5.41) is 2.03. The van der Waals surface area contributed by atoms with Crippen molar-refractivity contribution in [2.75, 3.05) is 6.54 Å². The molecule has 0 aliphatic carbocycles. The van der Waals surface area contributed by atoms with E-state index in [-0.39, 0.29) is 6.42 Å². The van der Waals surface area contributed by atoms with Crippen LogP contribution in [0.1, 0.15) is 20.3 Å². The van der Waals surface area contributed by atoms with Crippen molar-refractivity contribution in [1.29, 1.82) is 0 Å². The van der Waals surface area contributed by atoms with Gasteiger partial charge in [0.1, 0.15) is 6.04 Å². The Morgan fingerprint density at radius 2 is 2.06 bits per heavy atom. The van der Waals surface area contributed by atoms with E-state index in [1.54, 1.807) is 6.92 Å². The van der Waals surface area contributed by atoms with Crippen LogP contribution < -0.4 is 11.1 Å². The summed E-state index contributed by atoms with van der Waals surface area (Å²) < 4.78 is 38.9. The van der Waals surface area contributed by atoms with Crippen LogP contribution in [0, 0.1) is 0 Å². The van der Waals surface area contributed by atoms with Crippen LogP contribution in [0.15, 0.2) is 0 Å². The minimum Gasteiger partial charge on any atom is -0.326 e. The number of hydrogen-bond donors (Lipinski definition) is 2. The van der Waals surface area contributed by atoms with Crippen LogP contribution in [0.4, 0.5) is 13.2 Å². The smallest absolute Gasteiger partial charge is 0.326 e. The number of halogens is 3.